The molecule has 4 rings (SSSR count). The smallest absolute Gasteiger partial charge is 0.262 e. The SMILES string of the molecule is COc1ccc(N=C2NN=C(C(C)N3C(=O)c4ccccc4C3=O)CS2)cc1. The molecule has 2 aliphatic heterocycles. The van der Waals surface area contributed by atoms with Gasteiger partial charge in [-0.3, -0.25) is 19.9 Å². The molecule has 0 saturated carbocycles. The molecule has 0 aliphatic carbocycles. The van der Waals surface area contributed by atoms with Crippen LogP contribution in [0.1, 0.15) is 27.6 Å². The van der Waals surface area contributed by atoms with Gasteiger partial charge in [-0.2, -0.15) is 5.10 Å². The summed E-state index contributed by atoms with van der Waals surface area (Å²) in [5.41, 5.74) is 5.30. The second-order valence-electron chi connectivity index (χ2n) is 6.32. The van der Waals surface area contributed by atoms with Crippen molar-refractivity contribution in [2.75, 3.05) is 12.9 Å². The molecule has 2 aliphatic rings. The molecule has 1 atom stereocenters. The van der Waals surface area contributed by atoms with Gasteiger partial charge in [-0.05, 0) is 43.3 Å². The Kier molecular flexibility index (Phi) is 4.87. The molecule has 0 fully saturated rings. The van der Waals surface area contributed by atoms with Crippen molar-refractivity contribution in [3.63, 3.8) is 0 Å². The molecular weight excluding hydrogens is 376 g/mol. The van der Waals surface area contributed by atoms with Crippen molar-refractivity contribution in [2.45, 2.75) is 13.0 Å². The third-order valence-electron chi connectivity index (χ3n) is 4.65. The van der Waals surface area contributed by atoms with E-state index in [9.17, 15) is 9.59 Å². The zero-order valence-electron chi connectivity index (χ0n) is 15.4. The van der Waals surface area contributed by atoms with Gasteiger partial charge >= 0.3 is 0 Å². The van der Waals surface area contributed by atoms with Gasteiger partial charge in [-0.25, -0.2) is 4.99 Å². The van der Waals surface area contributed by atoms with Gasteiger partial charge in [0.05, 0.1) is 35.7 Å². The number of hydrazone groups is 1. The summed E-state index contributed by atoms with van der Waals surface area (Å²) >= 11 is 1.48. The maximum absolute atomic E-state index is 12.6. The first-order chi connectivity index (χ1) is 13.6. The van der Waals surface area contributed by atoms with Crippen molar-refractivity contribution in [3.05, 3.63) is 59.7 Å². The fourth-order valence-corrected chi connectivity index (χ4v) is 3.95. The van der Waals surface area contributed by atoms with Gasteiger partial charge in [0, 0.05) is 5.75 Å². The van der Waals surface area contributed by atoms with E-state index in [0.717, 1.165) is 11.4 Å². The van der Waals surface area contributed by atoms with Gasteiger partial charge in [-0.15, -0.1) is 0 Å². The number of carbonyl (C=O) groups excluding carboxylic acids is 2. The average Bonchev–Trinajstić information content (AvgIpc) is 2.99. The normalized spacial score (nSPS) is 18.6. The summed E-state index contributed by atoms with van der Waals surface area (Å²) in [7, 11) is 1.62. The lowest BCUT2D eigenvalue weighted by Crippen LogP contribution is -2.45. The Morgan fingerprint density at radius 3 is 2.29 bits per heavy atom. The highest BCUT2D eigenvalue weighted by Gasteiger charge is 2.40. The molecule has 1 unspecified atom stereocenters. The predicted molar refractivity (Wildman–Crippen MR) is 110 cm³/mol. The summed E-state index contributed by atoms with van der Waals surface area (Å²) in [6.45, 7) is 1.81. The second-order valence-corrected chi connectivity index (χ2v) is 7.28. The van der Waals surface area contributed by atoms with Crippen LogP contribution in [-0.4, -0.2) is 46.5 Å². The number of thioether (sulfide) groups is 1. The van der Waals surface area contributed by atoms with Crippen LogP contribution >= 0.6 is 11.8 Å². The molecular formula is C20H18N4O3S. The fourth-order valence-electron chi connectivity index (χ4n) is 3.08. The number of hydrogen-bond donors (Lipinski definition) is 1. The Bertz CT molecular complexity index is 966. The van der Waals surface area contributed by atoms with Crippen LogP contribution in [0, 0.1) is 0 Å². The quantitative estimate of drug-likeness (QED) is 0.806. The maximum Gasteiger partial charge on any atom is 0.262 e. The molecule has 0 bridgehead atoms. The summed E-state index contributed by atoms with van der Waals surface area (Å²) in [6, 6.07) is 13.8. The van der Waals surface area contributed by atoms with Crippen molar-refractivity contribution in [1.29, 1.82) is 0 Å². The van der Waals surface area contributed by atoms with Crippen molar-refractivity contribution in [1.82, 2.24) is 10.3 Å². The minimum Gasteiger partial charge on any atom is -0.497 e. The van der Waals surface area contributed by atoms with E-state index < -0.39 is 6.04 Å². The van der Waals surface area contributed by atoms with Crippen molar-refractivity contribution in [3.8, 4) is 5.75 Å². The number of carbonyl (C=O) groups is 2. The first-order valence-corrected chi connectivity index (χ1v) is 9.72. The molecule has 2 amide bonds. The van der Waals surface area contributed by atoms with Crippen LogP contribution in [0.3, 0.4) is 0 Å². The van der Waals surface area contributed by atoms with Crippen molar-refractivity contribution in [2.24, 2.45) is 10.1 Å². The molecule has 28 heavy (non-hydrogen) atoms. The lowest BCUT2D eigenvalue weighted by atomic mass is 10.1. The molecule has 0 aromatic heterocycles. The van der Waals surface area contributed by atoms with Crippen LogP contribution in [0.4, 0.5) is 5.69 Å². The van der Waals surface area contributed by atoms with E-state index >= 15 is 0 Å². The number of hydrogen-bond acceptors (Lipinski definition) is 6. The fraction of sp³-hybridized carbons (Fsp3) is 0.200. The average molecular weight is 394 g/mol. The molecule has 142 valence electrons. The van der Waals surface area contributed by atoms with E-state index in [0.29, 0.717) is 27.8 Å². The summed E-state index contributed by atoms with van der Waals surface area (Å²) in [6.07, 6.45) is 0. The Morgan fingerprint density at radius 1 is 1.11 bits per heavy atom. The number of rotatable bonds is 4. The molecule has 8 heteroatoms. The molecule has 2 aromatic rings. The molecule has 2 aromatic carbocycles. The van der Waals surface area contributed by atoms with E-state index in [-0.39, 0.29) is 11.8 Å². The number of aliphatic imine (C=N–C) groups is 1. The van der Waals surface area contributed by atoms with E-state index in [4.69, 9.17) is 4.74 Å². The summed E-state index contributed by atoms with van der Waals surface area (Å²) in [5.74, 6) is 0.747. The zero-order chi connectivity index (χ0) is 19.7. The van der Waals surface area contributed by atoms with Gasteiger partial charge in [0.2, 0.25) is 0 Å². The van der Waals surface area contributed by atoms with Crippen molar-refractivity contribution >= 4 is 40.1 Å². The number of amidine groups is 1. The molecule has 1 N–H and O–H groups in total. The number of fused-ring (bicyclic) bond motifs is 1. The Morgan fingerprint density at radius 2 is 1.75 bits per heavy atom. The van der Waals surface area contributed by atoms with E-state index in [1.165, 1.54) is 16.7 Å². The van der Waals surface area contributed by atoms with Gasteiger partial charge in [0.25, 0.3) is 11.8 Å². The Hall–Kier alpha value is -3.13. The summed E-state index contributed by atoms with van der Waals surface area (Å²) in [5, 5.41) is 5.02. The van der Waals surface area contributed by atoms with Crippen LogP contribution in [0.5, 0.6) is 5.75 Å². The highest BCUT2D eigenvalue weighted by atomic mass is 32.2. The largest absolute Gasteiger partial charge is 0.497 e. The third kappa shape index (κ3) is 3.27. The lowest BCUT2D eigenvalue weighted by molar-refractivity contribution is 0.0634. The number of amides is 2. The van der Waals surface area contributed by atoms with Crippen LogP contribution in [0.25, 0.3) is 0 Å². The number of nitrogens with zero attached hydrogens (tertiary/aromatic N) is 3. The zero-order valence-corrected chi connectivity index (χ0v) is 16.2. The Labute approximate surface area is 166 Å². The maximum atomic E-state index is 12.6. The monoisotopic (exact) mass is 394 g/mol. The minimum absolute atomic E-state index is 0.279. The van der Waals surface area contributed by atoms with Gasteiger partial charge in [-0.1, -0.05) is 23.9 Å². The van der Waals surface area contributed by atoms with E-state index in [2.05, 4.69) is 15.5 Å². The summed E-state index contributed by atoms with van der Waals surface area (Å²) in [4.78, 5) is 31.1. The van der Waals surface area contributed by atoms with Crippen LogP contribution in [0.15, 0.2) is 58.6 Å². The van der Waals surface area contributed by atoms with Gasteiger partial charge < -0.3 is 4.74 Å². The van der Waals surface area contributed by atoms with E-state index in [1.54, 1.807) is 31.4 Å². The van der Waals surface area contributed by atoms with Gasteiger partial charge in [0.1, 0.15) is 5.75 Å². The molecule has 2 heterocycles. The highest BCUT2D eigenvalue weighted by Crippen LogP contribution is 2.26. The third-order valence-corrected chi connectivity index (χ3v) is 5.55. The van der Waals surface area contributed by atoms with Crippen LogP contribution < -0.4 is 10.2 Å². The number of nitrogens with one attached hydrogen (secondary N) is 1. The summed E-state index contributed by atoms with van der Waals surface area (Å²) < 4.78 is 5.14. The molecule has 0 radical (unpaired) electrons. The first-order valence-electron chi connectivity index (χ1n) is 8.73. The lowest BCUT2D eigenvalue weighted by Gasteiger charge is -2.26. The standard InChI is InChI=1S/C20H18N4O3S/c1-12(24-18(25)15-5-3-4-6-16(15)19(24)26)17-11-28-20(23-22-17)21-13-7-9-14(27-2)10-8-13/h3-10,12H,11H2,1-2H3,(H,21,23). The number of ether oxygens (including phenoxy) is 1. The Balaban J connectivity index is 1.48. The topological polar surface area (TPSA) is 83.4 Å². The predicted octanol–water partition coefficient (Wildman–Crippen LogP) is 3.06. The van der Waals surface area contributed by atoms with Crippen LogP contribution in [0.2, 0.25) is 0 Å². The molecule has 7 nitrogen and oxygen atoms in total. The minimum atomic E-state index is -0.435. The van der Waals surface area contributed by atoms with Crippen molar-refractivity contribution < 1.29 is 14.3 Å². The molecule has 0 saturated heterocycles. The van der Waals surface area contributed by atoms with Crippen LogP contribution in [-0.2, 0) is 0 Å². The van der Waals surface area contributed by atoms with Gasteiger partial charge in [0.15, 0.2) is 5.17 Å². The number of benzene rings is 2. The molecule has 0 spiro atoms. The van der Waals surface area contributed by atoms with E-state index in [1.807, 2.05) is 31.2 Å². The number of imide groups is 1. The highest BCUT2D eigenvalue weighted by molar-refractivity contribution is 8.14. The first kappa shape index (κ1) is 18.2. The second kappa shape index (κ2) is 7.47. The number of methoxy groups -OCH3 is 1.